The van der Waals surface area contributed by atoms with Crippen LogP contribution in [-0.2, 0) is 14.3 Å². The fourth-order valence-electron chi connectivity index (χ4n) is 1.35. The van der Waals surface area contributed by atoms with Crippen LogP contribution in [0.15, 0.2) is 0 Å². The van der Waals surface area contributed by atoms with Gasteiger partial charge in [0.15, 0.2) is 0 Å². The highest BCUT2D eigenvalue weighted by Crippen LogP contribution is 2.43. The van der Waals surface area contributed by atoms with Gasteiger partial charge in [-0.15, -0.1) is 0 Å². The van der Waals surface area contributed by atoms with Crippen LogP contribution in [0.3, 0.4) is 0 Å². The zero-order valence-electron chi connectivity index (χ0n) is 10.6. The van der Waals surface area contributed by atoms with Crippen molar-refractivity contribution in [3.63, 3.8) is 0 Å². The lowest BCUT2D eigenvalue weighted by Gasteiger charge is -2.27. The Balaban J connectivity index is 2.52. The number of halogens is 6. The number of carbonyl (C=O) groups is 2. The molecule has 0 spiro atoms. The first-order valence-corrected chi connectivity index (χ1v) is 5.56. The first-order valence-electron chi connectivity index (χ1n) is 5.56. The monoisotopic (exact) mass is 339 g/mol. The van der Waals surface area contributed by atoms with Gasteiger partial charge >= 0.3 is 12.4 Å². The molecular formula is C9H11F6N3O4. The molecule has 1 heterocycles. The molecule has 1 fully saturated rings. The summed E-state index contributed by atoms with van der Waals surface area (Å²) < 4.78 is 78.7. The van der Waals surface area contributed by atoms with Crippen LogP contribution in [0, 0.1) is 0 Å². The third kappa shape index (κ3) is 3.25. The summed E-state index contributed by atoms with van der Waals surface area (Å²) in [6.07, 6.45) is -10.4. The summed E-state index contributed by atoms with van der Waals surface area (Å²) in [4.78, 5) is 21.9. The third-order valence-corrected chi connectivity index (χ3v) is 2.89. The van der Waals surface area contributed by atoms with E-state index < -0.39 is 55.2 Å². The molecule has 1 rings (SSSR count). The first-order chi connectivity index (χ1) is 9.78. The van der Waals surface area contributed by atoms with E-state index in [1.807, 2.05) is 0 Å². The van der Waals surface area contributed by atoms with Gasteiger partial charge in [0, 0.05) is 6.54 Å². The molecule has 0 radical (unpaired) electrons. The van der Waals surface area contributed by atoms with E-state index in [-0.39, 0.29) is 0 Å². The van der Waals surface area contributed by atoms with Crippen molar-refractivity contribution in [2.45, 2.75) is 23.6 Å². The lowest BCUT2D eigenvalue weighted by Crippen LogP contribution is -2.62. The quantitative estimate of drug-likeness (QED) is 0.209. The summed E-state index contributed by atoms with van der Waals surface area (Å²) >= 11 is 0. The molecule has 0 aromatic heterocycles. The Hall–Kier alpha value is -1.60. The van der Waals surface area contributed by atoms with Gasteiger partial charge in [0.1, 0.15) is 0 Å². The molecule has 1 saturated heterocycles. The number of alkyl halides is 6. The summed E-state index contributed by atoms with van der Waals surface area (Å²) in [5.41, 5.74) is -2.51. The molecule has 1 aliphatic rings. The lowest BCUT2D eigenvalue weighted by molar-refractivity contribution is -0.248. The SMILES string of the molecule is NC(=O)C(O)(CNCNC(=O)C1(C(F)(F)F)CO1)C(F)(F)F. The maximum absolute atomic E-state index is 12.5. The minimum Gasteiger partial charge on any atom is -0.372 e. The number of rotatable bonds is 6. The number of aliphatic hydroxyl groups is 1. The fraction of sp³-hybridized carbons (Fsp3) is 0.778. The number of nitrogens with two attached hydrogens (primary N) is 1. The Morgan fingerprint density at radius 3 is 2.05 bits per heavy atom. The van der Waals surface area contributed by atoms with Crippen molar-refractivity contribution in [2.75, 3.05) is 19.8 Å². The Labute approximate surface area is 118 Å². The minimum atomic E-state index is -5.40. The van der Waals surface area contributed by atoms with E-state index in [0.717, 1.165) is 0 Å². The van der Waals surface area contributed by atoms with Crippen molar-refractivity contribution >= 4 is 11.8 Å². The van der Waals surface area contributed by atoms with E-state index >= 15 is 0 Å². The molecule has 0 aromatic carbocycles. The van der Waals surface area contributed by atoms with Gasteiger partial charge in [-0.2, -0.15) is 26.3 Å². The Bertz CT molecular complexity index is 461. The van der Waals surface area contributed by atoms with Crippen LogP contribution in [0.25, 0.3) is 0 Å². The summed E-state index contributed by atoms with van der Waals surface area (Å²) in [6, 6.07) is 0. The van der Waals surface area contributed by atoms with Gasteiger partial charge in [-0.05, 0) is 0 Å². The van der Waals surface area contributed by atoms with Crippen LogP contribution in [0.2, 0.25) is 0 Å². The predicted molar refractivity (Wildman–Crippen MR) is 55.9 cm³/mol. The van der Waals surface area contributed by atoms with Gasteiger partial charge < -0.3 is 20.9 Å². The maximum atomic E-state index is 12.5. The average molecular weight is 339 g/mol. The van der Waals surface area contributed by atoms with Crippen LogP contribution in [0.1, 0.15) is 0 Å². The molecule has 1 aliphatic heterocycles. The average Bonchev–Trinajstić information content (AvgIpc) is 3.12. The van der Waals surface area contributed by atoms with Gasteiger partial charge in [-0.25, -0.2) is 0 Å². The largest absolute Gasteiger partial charge is 0.428 e. The molecule has 0 bridgehead atoms. The number of primary amides is 1. The highest BCUT2D eigenvalue weighted by atomic mass is 19.4. The first kappa shape index (κ1) is 18.4. The van der Waals surface area contributed by atoms with Gasteiger partial charge in [0.25, 0.3) is 23.0 Å². The number of hydrogen-bond acceptors (Lipinski definition) is 5. The van der Waals surface area contributed by atoms with Crippen molar-refractivity contribution in [3.05, 3.63) is 0 Å². The van der Waals surface area contributed by atoms with Crippen LogP contribution < -0.4 is 16.4 Å². The topological polar surface area (TPSA) is 117 Å². The summed E-state index contributed by atoms with van der Waals surface area (Å²) in [6.45, 7) is -3.24. The molecular weight excluding hydrogens is 328 g/mol. The maximum Gasteiger partial charge on any atom is 0.428 e. The van der Waals surface area contributed by atoms with Crippen LogP contribution in [-0.4, -0.2) is 60.3 Å². The Morgan fingerprint density at radius 2 is 1.73 bits per heavy atom. The van der Waals surface area contributed by atoms with Gasteiger partial charge in [-0.3, -0.25) is 14.9 Å². The van der Waals surface area contributed by atoms with E-state index in [2.05, 4.69) is 10.5 Å². The summed E-state index contributed by atoms with van der Waals surface area (Å²) in [5, 5.41) is 12.5. The molecule has 0 saturated carbocycles. The highest BCUT2D eigenvalue weighted by Gasteiger charge is 2.71. The third-order valence-electron chi connectivity index (χ3n) is 2.89. The van der Waals surface area contributed by atoms with Crippen LogP contribution in [0.5, 0.6) is 0 Å². The fourth-order valence-corrected chi connectivity index (χ4v) is 1.35. The molecule has 128 valence electrons. The summed E-state index contributed by atoms with van der Waals surface area (Å²) in [5.74, 6) is -3.71. The standard InChI is InChI=1S/C9H11F6N3O4/c10-8(11,12)6(21,4(16)19)1-17-3-18-5(20)7(2-22-7)9(13,14)15/h17,21H,1-3H2,(H2,16,19)(H,18,20). The lowest BCUT2D eigenvalue weighted by atomic mass is 10.0. The highest BCUT2D eigenvalue weighted by molar-refractivity contribution is 5.88. The van der Waals surface area contributed by atoms with Crippen LogP contribution in [0.4, 0.5) is 26.3 Å². The molecule has 7 nitrogen and oxygen atoms in total. The number of epoxide rings is 1. The number of carbonyl (C=O) groups excluding carboxylic acids is 2. The number of nitrogens with one attached hydrogen (secondary N) is 2. The predicted octanol–water partition coefficient (Wildman–Crippen LogP) is -1.24. The van der Waals surface area contributed by atoms with Crippen molar-refractivity contribution in [3.8, 4) is 0 Å². The van der Waals surface area contributed by atoms with Crippen LogP contribution >= 0.6 is 0 Å². The molecule has 2 atom stereocenters. The van der Waals surface area contributed by atoms with Gasteiger partial charge in [0.2, 0.25) is 0 Å². The molecule has 2 amide bonds. The number of amides is 2. The smallest absolute Gasteiger partial charge is 0.372 e. The van der Waals surface area contributed by atoms with E-state index in [9.17, 15) is 35.9 Å². The second-order valence-electron chi connectivity index (χ2n) is 4.45. The second kappa shape index (κ2) is 5.55. The summed E-state index contributed by atoms with van der Waals surface area (Å²) in [7, 11) is 0. The normalized spacial score (nSPS) is 24.5. The minimum absolute atomic E-state index is 0.883. The molecule has 0 aliphatic carbocycles. The van der Waals surface area contributed by atoms with Crippen molar-refractivity contribution in [2.24, 2.45) is 5.73 Å². The molecule has 5 N–H and O–H groups in total. The molecule has 2 unspecified atom stereocenters. The Morgan fingerprint density at radius 1 is 1.23 bits per heavy atom. The van der Waals surface area contributed by atoms with E-state index in [1.165, 1.54) is 0 Å². The van der Waals surface area contributed by atoms with E-state index in [0.29, 0.717) is 0 Å². The Kier molecular flexibility index (Phi) is 4.65. The zero-order valence-corrected chi connectivity index (χ0v) is 10.6. The van der Waals surface area contributed by atoms with Gasteiger partial charge in [0.05, 0.1) is 13.3 Å². The van der Waals surface area contributed by atoms with E-state index in [1.54, 1.807) is 10.6 Å². The molecule has 13 heteroatoms. The number of ether oxygens (including phenoxy) is 1. The van der Waals surface area contributed by atoms with Crippen molar-refractivity contribution < 1.29 is 45.8 Å². The van der Waals surface area contributed by atoms with Crippen molar-refractivity contribution in [1.82, 2.24) is 10.6 Å². The second-order valence-corrected chi connectivity index (χ2v) is 4.45. The van der Waals surface area contributed by atoms with Gasteiger partial charge in [-0.1, -0.05) is 0 Å². The molecule has 22 heavy (non-hydrogen) atoms. The van der Waals surface area contributed by atoms with Crippen molar-refractivity contribution in [1.29, 1.82) is 0 Å². The number of hydrogen-bond donors (Lipinski definition) is 4. The zero-order chi connectivity index (χ0) is 17.4. The molecule has 0 aromatic rings. The van der Waals surface area contributed by atoms with E-state index in [4.69, 9.17) is 5.11 Å².